The van der Waals surface area contributed by atoms with E-state index in [1.807, 2.05) is 18.2 Å². The second kappa shape index (κ2) is 7.49. The van der Waals surface area contributed by atoms with Crippen molar-refractivity contribution in [1.29, 1.82) is 0 Å². The number of hydrogen-bond donors (Lipinski definition) is 1. The highest BCUT2D eigenvalue weighted by atomic mass is 35.5. The lowest BCUT2D eigenvalue weighted by Crippen LogP contribution is -2.38. The van der Waals surface area contributed by atoms with Crippen molar-refractivity contribution in [3.8, 4) is 0 Å². The Kier molecular flexibility index (Phi) is 5.96. The van der Waals surface area contributed by atoms with Crippen molar-refractivity contribution >= 4 is 23.2 Å². The van der Waals surface area contributed by atoms with Crippen LogP contribution in [0.3, 0.4) is 0 Å². The van der Waals surface area contributed by atoms with E-state index < -0.39 is 0 Å². The molecule has 0 radical (unpaired) electrons. The van der Waals surface area contributed by atoms with Gasteiger partial charge in [0.25, 0.3) is 0 Å². The molecule has 4 heteroatoms. The smallest absolute Gasteiger partial charge is 0.0595 e. The molecular weight excluding hydrogens is 279 g/mol. The topological polar surface area (TPSA) is 15.3 Å². The average Bonchev–Trinajstić information content (AvgIpc) is 2.86. The Morgan fingerprint density at radius 1 is 1.32 bits per heavy atom. The molecule has 0 aliphatic carbocycles. The van der Waals surface area contributed by atoms with E-state index in [0.29, 0.717) is 10.0 Å². The summed E-state index contributed by atoms with van der Waals surface area (Å²) in [7, 11) is 0. The van der Waals surface area contributed by atoms with E-state index in [-0.39, 0.29) is 0 Å². The van der Waals surface area contributed by atoms with Crippen LogP contribution in [0.5, 0.6) is 0 Å². The summed E-state index contributed by atoms with van der Waals surface area (Å²) in [5, 5.41) is 4.83. The molecule has 0 bridgehead atoms. The number of likely N-dealkylation sites (N-methyl/N-ethyl adjacent to an activating group) is 1. The van der Waals surface area contributed by atoms with E-state index in [4.69, 9.17) is 23.2 Å². The van der Waals surface area contributed by atoms with Gasteiger partial charge in [0.2, 0.25) is 0 Å². The first-order valence-electron chi connectivity index (χ1n) is 7.09. The number of nitrogens with one attached hydrogen (secondary N) is 1. The fraction of sp³-hybridized carbons (Fsp3) is 0.600. The van der Waals surface area contributed by atoms with Crippen LogP contribution >= 0.6 is 23.2 Å². The molecule has 0 saturated carbocycles. The van der Waals surface area contributed by atoms with Crippen LogP contribution in [-0.2, 0) is 6.42 Å². The third-order valence-electron chi connectivity index (χ3n) is 3.86. The maximum Gasteiger partial charge on any atom is 0.0595 e. The fourth-order valence-corrected chi connectivity index (χ4v) is 3.06. The minimum atomic E-state index is 0.628. The summed E-state index contributed by atoms with van der Waals surface area (Å²) in [6, 6.07) is 6.59. The Balaban J connectivity index is 1.70. The van der Waals surface area contributed by atoms with Crippen molar-refractivity contribution in [2.45, 2.75) is 32.2 Å². The van der Waals surface area contributed by atoms with Crippen LogP contribution in [0.15, 0.2) is 18.2 Å². The summed E-state index contributed by atoms with van der Waals surface area (Å²) in [4.78, 5) is 2.56. The van der Waals surface area contributed by atoms with Gasteiger partial charge in [0, 0.05) is 12.6 Å². The van der Waals surface area contributed by atoms with Crippen LogP contribution in [-0.4, -0.2) is 37.1 Å². The third kappa shape index (κ3) is 4.35. The van der Waals surface area contributed by atoms with Crippen LogP contribution in [0.2, 0.25) is 10.0 Å². The van der Waals surface area contributed by atoms with Gasteiger partial charge in [0.05, 0.1) is 10.0 Å². The molecule has 1 N–H and O–H groups in total. The molecule has 0 spiro atoms. The van der Waals surface area contributed by atoms with Crippen molar-refractivity contribution in [1.82, 2.24) is 10.2 Å². The van der Waals surface area contributed by atoms with Crippen LogP contribution in [0.25, 0.3) is 0 Å². The molecule has 1 saturated heterocycles. The standard InChI is InChI=1S/C15H22Cl2N2/c1-2-19-9-3-4-13(19)11-18-8-7-12-5-6-14(16)15(17)10-12/h5-6,10,13,18H,2-4,7-9,11H2,1H3/t13-/m0/s1. The molecule has 106 valence electrons. The number of hydrogen-bond acceptors (Lipinski definition) is 2. The highest BCUT2D eigenvalue weighted by molar-refractivity contribution is 6.42. The van der Waals surface area contributed by atoms with Gasteiger partial charge in [-0.2, -0.15) is 0 Å². The second-order valence-corrected chi connectivity index (χ2v) is 5.94. The summed E-state index contributed by atoms with van der Waals surface area (Å²) in [5.41, 5.74) is 1.24. The molecule has 0 unspecified atom stereocenters. The van der Waals surface area contributed by atoms with Crippen molar-refractivity contribution in [3.63, 3.8) is 0 Å². The average molecular weight is 301 g/mol. The maximum atomic E-state index is 6.01. The van der Waals surface area contributed by atoms with E-state index in [1.165, 1.54) is 31.5 Å². The number of halogens is 2. The van der Waals surface area contributed by atoms with Crippen molar-refractivity contribution < 1.29 is 0 Å². The zero-order valence-corrected chi connectivity index (χ0v) is 13.0. The van der Waals surface area contributed by atoms with Crippen LogP contribution in [0.4, 0.5) is 0 Å². The molecular formula is C15H22Cl2N2. The molecule has 2 nitrogen and oxygen atoms in total. The van der Waals surface area contributed by atoms with Crippen molar-refractivity contribution in [2.24, 2.45) is 0 Å². The Morgan fingerprint density at radius 2 is 2.16 bits per heavy atom. The van der Waals surface area contributed by atoms with Crippen LogP contribution in [0.1, 0.15) is 25.3 Å². The lowest BCUT2D eigenvalue weighted by atomic mass is 10.1. The maximum absolute atomic E-state index is 6.01. The lowest BCUT2D eigenvalue weighted by molar-refractivity contribution is 0.260. The van der Waals surface area contributed by atoms with E-state index in [1.54, 1.807) is 0 Å². The van der Waals surface area contributed by atoms with Gasteiger partial charge in [-0.25, -0.2) is 0 Å². The predicted molar refractivity (Wildman–Crippen MR) is 83.3 cm³/mol. The quantitative estimate of drug-likeness (QED) is 0.808. The monoisotopic (exact) mass is 300 g/mol. The highest BCUT2D eigenvalue weighted by Gasteiger charge is 2.21. The molecule has 19 heavy (non-hydrogen) atoms. The summed E-state index contributed by atoms with van der Waals surface area (Å²) in [6.07, 6.45) is 3.66. The first-order chi connectivity index (χ1) is 9.20. The molecule has 0 aromatic heterocycles. The summed E-state index contributed by atoms with van der Waals surface area (Å²) >= 11 is 11.9. The van der Waals surface area contributed by atoms with E-state index in [2.05, 4.69) is 17.1 Å². The molecule has 1 aromatic rings. The molecule has 1 aliphatic rings. The normalized spacial score (nSPS) is 20.1. The summed E-state index contributed by atoms with van der Waals surface area (Å²) < 4.78 is 0. The van der Waals surface area contributed by atoms with E-state index >= 15 is 0 Å². The minimum Gasteiger partial charge on any atom is -0.315 e. The number of rotatable bonds is 6. The molecule has 1 heterocycles. The first kappa shape index (κ1) is 15.1. The molecule has 1 fully saturated rings. The number of likely N-dealkylation sites (tertiary alicyclic amines) is 1. The van der Waals surface area contributed by atoms with Gasteiger partial charge >= 0.3 is 0 Å². The molecule has 1 aromatic carbocycles. The van der Waals surface area contributed by atoms with Crippen LogP contribution < -0.4 is 5.32 Å². The number of benzene rings is 1. The van der Waals surface area contributed by atoms with E-state index in [0.717, 1.165) is 25.6 Å². The van der Waals surface area contributed by atoms with E-state index in [9.17, 15) is 0 Å². The van der Waals surface area contributed by atoms with Crippen LogP contribution in [0, 0.1) is 0 Å². The first-order valence-corrected chi connectivity index (χ1v) is 7.85. The van der Waals surface area contributed by atoms with Crippen molar-refractivity contribution in [3.05, 3.63) is 33.8 Å². The van der Waals surface area contributed by atoms with Gasteiger partial charge in [-0.1, -0.05) is 36.2 Å². The molecule has 0 amide bonds. The Hall–Kier alpha value is -0.280. The SMILES string of the molecule is CCN1CCC[C@H]1CNCCc1ccc(Cl)c(Cl)c1. The Morgan fingerprint density at radius 3 is 2.89 bits per heavy atom. The van der Waals surface area contributed by atoms with Gasteiger partial charge in [0.1, 0.15) is 0 Å². The number of nitrogens with zero attached hydrogens (tertiary/aromatic N) is 1. The van der Waals surface area contributed by atoms with Crippen molar-refractivity contribution in [2.75, 3.05) is 26.2 Å². The Labute approximate surface area is 126 Å². The lowest BCUT2D eigenvalue weighted by Gasteiger charge is -2.23. The zero-order chi connectivity index (χ0) is 13.7. The molecule has 1 atom stereocenters. The minimum absolute atomic E-state index is 0.628. The second-order valence-electron chi connectivity index (χ2n) is 5.13. The summed E-state index contributed by atoms with van der Waals surface area (Å²) in [6.45, 7) is 6.75. The molecule has 2 rings (SSSR count). The van der Waals surface area contributed by atoms with Gasteiger partial charge < -0.3 is 5.32 Å². The fourth-order valence-electron chi connectivity index (χ4n) is 2.74. The van der Waals surface area contributed by atoms with Gasteiger partial charge in [-0.3, -0.25) is 4.90 Å². The third-order valence-corrected chi connectivity index (χ3v) is 4.60. The largest absolute Gasteiger partial charge is 0.315 e. The molecule has 1 aliphatic heterocycles. The van der Waals surface area contributed by atoms with Gasteiger partial charge in [-0.15, -0.1) is 0 Å². The predicted octanol–water partition coefficient (Wildman–Crippen LogP) is 3.61. The Bertz CT molecular complexity index is 409. The van der Waals surface area contributed by atoms with Gasteiger partial charge in [0.15, 0.2) is 0 Å². The zero-order valence-electron chi connectivity index (χ0n) is 11.5. The highest BCUT2D eigenvalue weighted by Crippen LogP contribution is 2.22. The summed E-state index contributed by atoms with van der Waals surface area (Å²) in [5.74, 6) is 0. The van der Waals surface area contributed by atoms with Gasteiger partial charge in [-0.05, 0) is 56.6 Å².